The maximum atomic E-state index is 12.0. The summed E-state index contributed by atoms with van der Waals surface area (Å²) in [5.74, 6) is 1.88. The first-order valence-corrected chi connectivity index (χ1v) is 7.08. The fourth-order valence-corrected chi connectivity index (χ4v) is 2.39. The van der Waals surface area contributed by atoms with E-state index >= 15 is 0 Å². The molecule has 1 unspecified atom stereocenters. The van der Waals surface area contributed by atoms with Crippen molar-refractivity contribution in [3.63, 3.8) is 0 Å². The number of carbonyl (C=O) groups is 1. The minimum Gasteiger partial charge on any atom is -0.471 e. The maximum absolute atomic E-state index is 12.0. The van der Waals surface area contributed by atoms with Gasteiger partial charge in [-0.2, -0.15) is 4.98 Å². The van der Waals surface area contributed by atoms with Gasteiger partial charge in [0.25, 0.3) is 0 Å². The summed E-state index contributed by atoms with van der Waals surface area (Å²) in [7, 11) is 3.83. The van der Waals surface area contributed by atoms with E-state index in [4.69, 9.17) is 4.74 Å². The lowest BCUT2D eigenvalue weighted by Crippen LogP contribution is -2.32. The Morgan fingerprint density at radius 3 is 2.85 bits per heavy atom. The second-order valence-corrected chi connectivity index (χ2v) is 5.70. The fourth-order valence-electron chi connectivity index (χ4n) is 2.39. The summed E-state index contributed by atoms with van der Waals surface area (Å²) in [6.45, 7) is 1.46. The van der Waals surface area contributed by atoms with Gasteiger partial charge in [0.1, 0.15) is 6.10 Å². The summed E-state index contributed by atoms with van der Waals surface area (Å²) < 4.78 is 5.85. The number of aromatic nitrogens is 2. The molecule has 1 aromatic heterocycles. The molecule has 2 aliphatic rings. The summed E-state index contributed by atoms with van der Waals surface area (Å²) in [6.07, 6.45) is 6.33. The van der Waals surface area contributed by atoms with Gasteiger partial charge in [-0.3, -0.25) is 9.78 Å². The van der Waals surface area contributed by atoms with Gasteiger partial charge >= 0.3 is 0 Å². The molecule has 1 atom stereocenters. The van der Waals surface area contributed by atoms with E-state index in [2.05, 4.69) is 9.97 Å². The molecule has 1 aliphatic carbocycles. The Labute approximate surface area is 118 Å². The van der Waals surface area contributed by atoms with Gasteiger partial charge in [0.15, 0.2) is 5.82 Å². The van der Waals surface area contributed by atoms with Crippen LogP contribution < -0.4 is 9.64 Å². The molecule has 0 bridgehead atoms. The molecule has 1 amide bonds. The second kappa shape index (κ2) is 5.26. The van der Waals surface area contributed by atoms with E-state index in [1.54, 1.807) is 12.4 Å². The lowest BCUT2D eigenvalue weighted by molar-refractivity contribution is -0.131. The van der Waals surface area contributed by atoms with Crippen LogP contribution in [0.1, 0.15) is 19.3 Å². The Kier molecular flexibility index (Phi) is 3.46. The molecule has 2 heterocycles. The highest BCUT2D eigenvalue weighted by molar-refractivity contribution is 5.81. The second-order valence-electron chi connectivity index (χ2n) is 5.70. The first-order valence-electron chi connectivity index (χ1n) is 7.08. The normalized spacial score (nSPS) is 21.9. The zero-order valence-corrected chi connectivity index (χ0v) is 12.0. The minimum absolute atomic E-state index is 0.0319. The molecule has 0 N–H and O–H groups in total. The molecule has 20 heavy (non-hydrogen) atoms. The van der Waals surface area contributed by atoms with E-state index in [1.807, 2.05) is 23.9 Å². The van der Waals surface area contributed by atoms with Crippen LogP contribution in [0.4, 0.5) is 5.82 Å². The first-order chi connectivity index (χ1) is 9.63. The minimum atomic E-state index is 0.0319. The van der Waals surface area contributed by atoms with E-state index < -0.39 is 0 Å². The van der Waals surface area contributed by atoms with Gasteiger partial charge in [-0.1, -0.05) is 0 Å². The van der Waals surface area contributed by atoms with Crippen molar-refractivity contribution < 1.29 is 9.53 Å². The monoisotopic (exact) mass is 276 g/mol. The number of hydrogen-bond acceptors (Lipinski definition) is 5. The smallest absolute Gasteiger partial charge is 0.234 e. The molecule has 1 saturated heterocycles. The van der Waals surface area contributed by atoms with Gasteiger partial charge in [0.2, 0.25) is 11.8 Å². The van der Waals surface area contributed by atoms with Crippen molar-refractivity contribution in [1.82, 2.24) is 14.9 Å². The van der Waals surface area contributed by atoms with Crippen molar-refractivity contribution >= 4 is 11.7 Å². The number of likely N-dealkylation sites (tertiary alicyclic amines) is 1. The Morgan fingerprint density at radius 1 is 1.35 bits per heavy atom. The number of amides is 1. The average Bonchev–Trinajstić information content (AvgIpc) is 3.19. The van der Waals surface area contributed by atoms with E-state index in [1.165, 1.54) is 0 Å². The van der Waals surface area contributed by atoms with Crippen LogP contribution in [0, 0.1) is 5.92 Å². The standard InChI is InChI=1S/C14H20N4O2/c1-17(2)12-7-15-8-13(16-12)20-11-5-6-18(9-11)14(19)10-3-4-10/h7-8,10-11H,3-6,9H2,1-2H3. The number of hydrogen-bond donors (Lipinski definition) is 0. The number of nitrogens with zero attached hydrogens (tertiary/aromatic N) is 4. The summed E-state index contributed by atoms with van der Waals surface area (Å²) in [6, 6.07) is 0. The third-order valence-electron chi connectivity index (χ3n) is 3.73. The summed E-state index contributed by atoms with van der Waals surface area (Å²) in [5, 5.41) is 0. The maximum Gasteiger partial charge on any atom is 0.234 e. The summed E-state index contributed by atoms with van der Waals surface area (Å²) >= 11 is 0. The lowest BCUT2D eigenvalue weighted by Gasteiger charge is -2.17. The van der Waals surface area contributed by atoms with E-state index in [0.29, 0.717) is 18.3 Å². The highest BCUT2D eigenvalue weighted by Gasteiger charge is 2.37. The first kappa shape index (κ1) is 13.1. The molecule has 1 saturated carbocycles. The summed E-state index contributed by atoms with van der Waals surface area (Å²) in [4.78, 5) is 24.3. The molecule has 1 aromatic rings. The molecule has 3 rings (SSSR count). The Bertz CT molecular complexity index is 502. The van der Waals surface area contributed by atoms with Crippen molar-refractivity contribution in [1.29, 1.82) is 0 Å². The van der Waals surface area contributed by atoms with E-state index in [-0.39, 0.29) is 12.0 Å². The van der Waals surface area contributed by atoms with Gasteiger partial charge < -0.3 is 14.5 Å². The molecule has 0 radical (unpaired) electrons. The molecule has 0 aromatic carbocycles. The van der Waals surface area contributed by atoms with Crippen LogP contribution >= 0.6 is 0 Å². The molecule has 1 aliphatic heterocycles. The van der Waals surface area contributed by atoms with E-state index in [9.17, 15) is 4.79 Å². The number of carbonyl (C=O) groups excluding carboxylic acids is 1. The zero-order valence-electron chi connectivity index (χ0n) is 12.0. The topological polar surface area (TPSA) is 58.6 Å². The van der Waals surface area contributed by atoms with Gasteiger partial charge in [-0.15, -0.1) is 0 Å². The molecule has 6 heteroatoms. The van der Waals surface area contributed by atoms with Crippen molar-refractivity contribution in [2.75, 3.05) is 32.1 Å². The fraction of sp³-hybridized carbons (Fsp3) is 0.643. The molecule has 0 spiro atoms. The SMILES string of the molecule is CN(C)c1cncc(OC2CCN(C(=O)C3CC3)C2)n1. The van der Waals surface area contributed by atoms with Crippen LogP contribution in [0.3, 0.4) is 0 Å². The average molecular weight is 276 g/mol. The van der Waals surface area contributed by atoms with Crippen LogP contribution in [0.2, 0.25) is 0 Å². The van der Waals surface area contributed by atoms with Crippen LogP contribution in [0.5, 0.6) is 5.88 Å². The Balaban J connectivity index is 1.58. The van der Waals surface area contributed by atoms with Crippen LogP contribution in [-0.4, -0.2) is 54.1 Å². The molecule has 2 fully saturated rings. The highest BCUT2D eigenvalue weighted by Crippen LogP contribution is 2.32. The van der Waals surface area contributed by atoms with Crippen LogP contribution in [0.25, 0.3) is 0 Å². The molecule has 108 valence electrons. The van der Waals surface area contributed by atoms with Gasteiger partial charge in [-0.25, -0.2) is 0 Å². The Hall–Kier alpha value is -1.85. The van der Waals surface area contributed by atoms with E-state index in [0.717, 1.165) is 31.6 Å². The lowest BCUT2D eigenvalue weighted by atomic mass is 10.3. The summed E-state index contributed by atoms with van der Waals surface area (Å²) in [5.41, 5.74) is 0. The predicted octanol–water partition coefficient (Wildman–Crippen LogP) is 0.932. The molecular weight excluding hydrogens is 256 g/mol. The van der Waals surface area contributed by atoms with Crippen LogP contribution in [0.15, 0.2) is 12.4 Å². The third kappa shape index (κ3) is 2.84. The number of ether oxygens (including phenoxy) is 1. The molecule has 6 nitrogen and oxygen atoms in total. The zero-order chi connectivity index (χ0) is 14.1. The highest BCUT2D eigenvalue weighted by atomic mass is 16.5. The Morgan fingerprint density at radius 2 is 2.15 bits per heavy atom. The predicted molar refractivity (Wildman–Crippen MR) is 74.7 cm³/mol. The number of anilines is 1. The molecular formula is C14H20N4O2. The van der Waals surface area contributed by atoms with Crippen molar-refractivity contribution in [3.8, 4) is 5.88 Å². The van der Waals surface area contributed by atoms with Crippen molar-refractivity contribution in [3.05, 3.63) is 12.4 Å². The third-order valence-corrected chi connectivity index (χ3v) is 3.73. The van der Waals surface area contributed by atoms with Gasteiger partial charge in [0.05, 0.1) is 18.9 Å². The largest absolute Gasteiger partial charge is 0.471 e. The number of rotatable bonds is 4. The van der Waals surface area contributed by atoms with Gasteiger partial charge in [0, 0.05) is 33.0 Å². The van der Waals surface area contributed by atoms with Crippen molar-refractivity contribution in [2.45, 2.75) is 25.4 Å². The van der Waals surface area contributed by atoms with Gasteiger partial charge in [-0.05, 0) is 12.8 Å². The van der Waals surface area contributed by atoms with Crippen molar-refractivity contribution in [2.24, 2.45) is 5.92 Å². The van der Waals surface area contributed by atoms with Crippen LogP contribution in [-0.2, 0) is 4.79 Å². The quantitative estimate of drug-likeness (QED) is 0.819.